The first-order valence-electron chi connectivity index (χ1n) is 12.0. The van der Waals surface area contributed by atoms with Gasteiger partial charge in [0.05, 0.1) is 24.3 Å². The van der Waals surface area contributed by atoms with Crippen LogP contribution in [0.2, 0.25) is 0 Å². The molecule has 3 aliphatic carbocycles. The molecule has 2 saturated carbocycles. The van der Waals surface area contributed by atoms with Crippen LogP contribution in [0.1, 0.15) is 66.7 Å². The lowest BCUT2D eigenvalue weighted by atomic mass is 9.49. The van der Waals surface area contributed by atoms with Gasteiger partial charge in [-0.25, -0.2) is 0 Å². The number of carbonyl (C=O) groups is 1. The summed E-state index contributed by atoms with van der Waals surface area (Å²) in [6, 6.07) is 0. The Labute approximate surface area is 191 Å². The number of hydrogen-bond acceptors (Lipinski definition) is 6. The van der Waals surface area contributed by atoms with Gasteiger partial charge in [-0.05, 0) is 68.6 Å². The third-order valence-corrected chi connectivity index (χ3v) is 9.62. The minimum Gasteiger partial charge on any atom is -0.458 e. The molecule has 6 heteroatoms. The van der Waals surface area contributed by atoms with E-state index in [1.807, 2.05) is 6.92 Å². The van der Waals surface area contributed by atoms with Gasteiger partial charge in [-0.1, -0.05) is 26.8 Å². The fourth-order valence-electron chi connectivity index (χ4n) is 7.71. The van der Waals surface area contributed by atoms with Crippen LogP contribution in [0, 0.1) is 23.2 Å². The van der Waals surface area contributed by atoms with E-state index >= 15 is 0 Å². The van der Waals surface area contributed by atoms with Gasteiger partial charge in [-0.3, -0.25) is 4.79 Å². The van der Waals surface area contributed by atoms with Crippen LogP contribution in [0.25, 0.3) is 0 Å². The first-order valence-corrected chi connectivity index (χ1v) is 13.4. The second kappa shape index (κ2) is 7.48. The second-order valence-electron chi connectivity index (χ2n) is 11.0. The average Bonchev–Trinajstić information content (AvgIpc) is 3.58. The summed E-state index contributed by atoms with van der Waals surface area (Å²) in [5.74, 6) is 1.99. The van der Waals surface area contributed by atoms with E-state index in [0.29, 0.717) is 23.7 Å². The molecule has 0 radical (unpaired) electrons. The predicted octanol–water partition coefficient (Wildman–Crippen LogP) is 4.73. The number of esters is 1. The summed E-state index contributed by atoms with van der Waals surface area (Å²) in [6.45, 7) is 10.6. The molecule has 4 fully saturated rings. The molecule has 0 aromatic heterocycles. The first-order chi connectivity index (χ1) is 14.7. The Balaban J connectivity index is 1.46. The fourth-order valence-corrected chi connectivity index (χ4v) is 7.99. The van der Waals surface area contributed by atoms with Gasteiger partial charge in [-0.2, -0.15) is 0 Å². The summed E-state index contributed by atoms with van der Waals surface area (Å²) in [6.07, 6.45) is 10.0. The van der Waals surface area contributed by atoms with Crippen molar-refractivity contribution in [3.05, 3.63) is 11.6 Å². The number of hydrogen-bond donors (Lipinski definition) is 0. The quantitative estimate of drug-likeness (QED) is 0.252. The monoisotopic (exact) mass is 450 g/mol. The van der Waals surface area contributed by atoms with Crippen LogP contribution in [0.5, 0.6) is 0 Å². The summed E-state index contributed by atoms with van der Waals surface area (Å²) < 4.78 is 25.6. The molecule has 0 N–H and O–H groups in total. The summed E-state index contributed by atoms with van der Waals surface area (Å²) >= 11 is 1.74. The highest BCUT2D eigenvalue weighted by atomic mass is 32.2. The van der Waals surface area contributed by atoms with Gasteiger partial charge in [0, 0.05) is 12.3 Å². The van der Waals surface area contributed by atoms with Gasteiger partial charge in [0.25, 0.3) is 0 Å². The van der Waals surface area contributed by atoms with E-state index in [0.717, 1.165) is 32.1 Å². The van der Waals surface area contributed by atoms with E-state index in [4.69, 9.17) is 18.9 Å². The molecular weight excluding hydrogens is 412 g/mol. The Morgan fingerprint density at radius 1 is 1.26 bits per heavy atom. The van der Waals surface area contributed by atoms with Crippen molar-refractivity contribution in [1.82, 2.24) is 0 Å². The Bertz CT molecular complexity index is 782. The predicted molar refractivity (Wildman–Crippen MR) is 121 cm³/mol. The van der Waals surface area contributed by atoms with Gasteiger partial charge in [0.1, 0.15) is 11.7 Å². The lowest BCUT2D eigenvalue weighted by Crippen LogP contribution is -2.66. The van der Waals surface area contributed by atoms with Crippen molar-refractivity contribution < 1.29 is 23.7 Å². The van der Waals surface area contributed by atoms with E-state index in [2.05, 4.69) is 33.1 Å². The zero-order chi connectivity index (χ0) is 22.2. The summed E-state index contributed by atoms with van der Waals surface area (Å²) in [5.41, 5.74) is 0.798. The third-order valence-electron chi connectivity index (χ3n) is 9.25. The van der Waals surface area contributed by atoms with Gasteiger partial charge >= 0.3 is 5.97 Å². The van der Waals surface area contributed by atoms with Crippen molar-refractivity contribution in [2.45, 2.75) is 102 Å². The lowest BCUT2D eigenvalue weighted by Gasteiger charge is -2.53. The number of epoxide rings is 2. The van der Waals surface area contributed by atoms with Crippen LogP contribution < -0.4 is 0 Å². The van der Waals surface area contributed by atoms with Crippen molar-refractivity contribution in [3.63, 3.8) is 0 Å². The molecule has 9 atom stereocenters. The Kier molecular flexibility index (Phi) is 5.36. The molecule has 0 bridgehead atoms. The largest absolute Gasteiger partial charge is 0.458 e. The Morgan fingerprint density at radius 3 is 2.71 bits per heavy atom. The minimum absolute atomic E-state index is 0.0434. The normalized spacial score (nSPS) is 48.4. The van der Waals surface area contributed by atoms with Gasteiger partial charge in [0.2, 0.25) is 0 Å². The van der Waals surface area contributed by atoms with Crippen molar-refractivity contribution in [2.24, 2.45) is 23.2 Å². The molecule has 0 amide bonds. The number of carbonyl (C=O) groups excluding carboxylic acids is 1. The summed E-state index contributed by atoms with van der Waals surface area (Å²) in [5, 5.41) is 0. The molecule has 0 aromatic carbocycles. The zero-order valence-corrected chi connectivity index (χ0v) is 20.6. The lowest BCUT2D eigenvalue weighted by molar-refractivity contribution is -0.144. The highest BCUT2D eigenvalue weighted by Gasteiger charge is 2.92. The maximum atomic E-state index is 11.5. The van der Waals surface area contributed by atoms with E-state index < -0.39 is 0 Å². The van der Waals surface area contributed by atoms with Crippen LogP contribution in [0.15, 0.2) is 11.6 Å². The molecule has 0 aromatic rings. The molecule has 5 nitrogen and oxygen atoms in total. The van der Waals surface area contributed by atoms with E-state index in [1.54, 1.807) is 11.8 Å². The van der Waals surface area contributed by atoms with Crippen LogP contribution in [-0.4, -0.2) is 53.8 Å². The van der Waals surface area contributed by atoms with E-state index in [9.17, 15) is 4.79 Å². The third kappa shape index (κ3) is 2.97. The number of ether oxygens (including phenoxy) is 4. The van der Waals surface area contributed by atoms with Crippen molar-refractivity contribution >= 4 is 17.7 Å². The number of allylic oxidation sites excluding steroid dienone is 1. The molecule has 9 unspecified atom stereocenters. The van der Waals surface area contributed by atoms with E-state index in [1.165, 1.54) is 12.5 Å². The molecule has 2 saturated heterocycles. The van der Waals surface area contributed by atoms with Crippen LogP contribution >= 0.6 is 11.8 Å². The standard InChI is InChI=1S/C25H38O5S/c1-14(2)19-12-21-25(30-21)23(5)9-7-8-17(15(3)28-16(4)26)10-18(23)11-20-24(25,29-20)22(19)27-13-31-6/h8,14-15,18-22H,7,9-13H2,1-6H3. The molecule has 174 valence electrons. The highest BCUT2D eigenvalue weighted by molar-refractivity contribution is 7.98. The SMILES string of the molecule is CSCOC1C(C(C)C)CC2OC23C2(C)CCC=C(C(C)OC(C)=O)CC2CC2OC213. The Morgan fingerprint density at radius 2 is 2.03 bits per heavy atom. The molecule has 5 rings (SSSR count). The van der Waals surface area contributed by atoms with Gasteiger partial charge < -0.3 is 18.9 Å². The average molecular weight is 451 g/mol. The maximum Gasteiger partial charge on any atom is 0.303 e. The number of thioether (sulfide) groups is 1. The van der Waals surface area contributed by atoms with Gasteiger partial charge in [0.15, 0.2) is 5.60 Å². The highest BCUT2D eigenvalue weighted by Crippen LogP contribution is 2.78. The number of rotatable bonds is 6. The molecule has 2 heterocycles. The zero-order valence-electron chi connectivity index (χ0n) is 19.8. The molecular formula is C25H38O5S. The first kappa shape index (κ1) is 22.2. The smallest absolute Gasteiger partial charge is 0.303 e. The Hall–Kier alpha value is -0.560. The fraction of sp³-hybridized carbons (Fsp3) is 0.880. The molecule has 2 spiro atoms. The molecule has 2 aliphatic heterocycles. The summed E-state index contributed by atoms with van der Waals surface area (Å²) in [7, 11) is 0. The van der Waals surface area contributed by atoms with Crippen LogP contribution in [-0.2, 0) is 23.7 Å². The van der Waals surface area contributed by atoms with E-state index in [-0.39, 0.29) is 47.0 Å². The molecule has 5 aliphatic rings. The van der Waals surface area contributed by atoms with Crippen molar-refractivity contribution in [1.29, 1.82) is 0 Å². The molecule has 31 heavy (non-hydrogen) atoms. The van der Waals surface area contributed by atoms with Crippen LogP contribution in [0.4, 0.5) is 0 Å². The number of fused-ring (bicyclic) bond motifs is 1. The van der Waals surface area contributed by atoms with Gasteiger partial charge in [-0.15, -0.1) is 11.8 Å². The van der Waals surface area contributed by atoms with Crippen molar-refractivity contribution in [3.8, 4) is 0 Å². The topological polar surface area (TPSA) is 60.6 Å². The van der Waals surface area contributed by atoms with Crippen molar-refractivity contribution in [2.75, 3.05) is 12.2 Å². The summed E-state index contributed by atoms with van der Waals surface area (Å²) in [4.78, 5) is 11.5. The minimum atomic E-state index is -0.280. The van der Waals surface area contributed by atoms with Crippen LogP contribution in [0.3, 0.4) is 0 Å². The maximum absolute atomic E-state index is 11.5. The second-order valence-corrected chi connectivity index (χ2v) is 11.8.